The number of amides is 1. The van der Waals surface area contributed by atoms with Gasteiger partial charge in [-0.25, -0.2) is 9.07 Å². The highest BCUT2D eigenvalue weighted by atomic mass is 19.1. The number of nitrogens with zero attached hydrogens (tertiary/aromatic N) is 3. The van der Waals surface area contributed by atoms with E-state index in [4.69, 9.17) is 9.47 Å². The molecule has 5 rings (SSSR count). The summed E-state index contributed by atoms with van der Waals surface area (Å²) >= 11 is 0. The van der Waals surface area contributed by atoms with E-state index >= 15 is 4.39 Å². The number of halogens is 1. The summed E-state index contributed by atoms with van der Waals surface area (Å²) in [6, 6.07) is 19.8. The highest BCUT2D eigenvalue weighted by molar-refractivity contribution is 6.05. The zero-order chi connectivity index (χ0) is 30.0. The molecule has 0 aliphatic heterocycles. The van der Waals surface area contributed by atoms with E-state index in [1.54, 1.807) is 80.4 Å². The highest BCUT2D eigenvalue weighted by Gasteiger charge is 2.28. The SMILES string of the molecule is CCC(C)(O)Cn1c(C)c(C(=O)Nc2ccc(Oc3ccnc4cc(OC)ccc34)c(F)c2)c(=O)n1-c1ccccc1. The molecule has 0 fully saturated rings. The van der Waals surface area contributed by atoms with Crippen molar-refractivity contribution >= 4 is 22.5 Å². The van der Waals surface area contributed by atoms with E-state index in [1.807, 2.05) is 13.0 Å². The number of carbonyl (C=O) groups is 1. The number of nitrogens with one attached hydrogen (secondary N) is 1. The number of carbonyl (C=O) groups excluding carboxylic acids is 1. The maximum atomic E-state index is 15.2. The van der Waals surface area contributed by atoms with Gasteiger partial charge in [-0.15, -0.1) is 0 Å². The molecule has 0 saturated carbocycles. The summed E-state index contributed by atoms with van der Waals surface area (Å²) in [5.41, 5.74) is -0.0866. The van der Waals surface area contributed by atoms with Crippen LogP contribution in [-0.2, 0) is 6.54 Å². The number of aliphatic hydroxyl groups is 1. The predicted molar refractivity (Wildman–Crippen MR) is 158 cm³/mol. The van der Waals surface area contributed by atoms with Crippen LogP contribution in [0.5, 0.6) is 17.2 Å². The van der Waals surface area contributed by atoms with E-state index in [9.17, 15) is 14.7 Å². The number of benzene rings is 3. The molecule has 1 unspecified atom stereocenters. The lowest BCUT2D eigenvalue weighted by Gasteiger charge is -2.25. The standard InChI is InChI=1S/C32H31FN4O5/c1-5-32(3,40)19-36-20(2)29(31(39)37(36)22-9-7-6-8-10-22)30(38)35-21-11-14-28(25(33)17-21)42-27-15-16-34-26-18-23(41-4)12-13-24(26)27/h6-18,40H,5,19H2,1-4H3,(H,35,38). The van der Waals surface area contributed by atoms with E-state index < -0.39 is 22.9 Å². The fraction of sp³-hybridized carbons (Fsp3) is 0.219. The average molecular weight is 571 g/mol. The molecule has 2 heterocycles. The van der Waals surface area contributed by atoms with Crippen LogP contribution in [0.1, 0.15) is 36.3 Å². The molecule has 216 valence electrons. The van der Waals surface area contributed by atoms with Crippen molar-refractivity contribution in [1.82, 2.24) is 14.3 Å². The summed E-state index contributed by atoms with van der Waals surface area (Å²) < 4.78 is 29.2. The summed E-state index contributed by atoms with van der Waals surface area (Å²) in [4.78, 5) is 31.3. The molecule has 0 bridgehead atoms. The number of ether oxygens (including phenoxy) is 2. The zero-order valence-corrected chi connectivity index (χ0v) is 23.7. The molecule has 2 N–H and O–H groups in total. The van der Waals surface area contributed by atoms with Crippen molar-refractivity contribution in [3.05, 3.63) is 106 Å². The van der Waals surface area contributed by atoms with Gasteiger partial charge in [0.1, 0.15) is 17.1 Å². The topological polar surface area (TPSA) is 108 Å². The van der Waals surface area contributed by atoms with Crippen LogP contribution < -0.4 is 20.3 Å². The molecule has 3 aromatic carbocycles. The maximum absolute atomic E-state index is 15.2. The Morgan fingerprint density at radius 2 is 1.83 bits per heavy atom. The molecule has 1 amide bonds. The quantitative estimate of drug-likeness (QED) is 0.230. The Morgan fingerprint density at radius 1 is 1.07 bits per heavy atom. The van der Waals surface area contributed by atoms with Crippen molar-refractivity contribution < 1.29 is 23.8 Å². The lowest BCUT2D eigenvalue weighted by molar-refractivity contribution is 0.0317. The van der Waals surface area contributed by atoms with Crippen molar-refractivity contribution in [1.29, 1.82) is 0 Å². The first-order valence-corrected chi connectivity index (χ1v) is 13.4. The maximum Gasteiger partial charge on any atom is 0.284 e. The molecule has 9 nitrogen and oxygen atoms in total. The number of para-hydroxylation sites is 1. The predicted octanol–water partition coefficient (Wildman–Crippen LogP) is 5.85. The largest absolute Gasteiger partial charge is 0.497 e. The monoisotopic (exact) mass is 570 g/mol. The third-order valence-electron chi connectivity index (χ3n) is 7.20. The van der Waals surface area contributed by atoms with E-state index in [0.29, 0.717) is 40.2 Å². The first-order chi connectivity index (χ1) is 20.1. The molecule has 2 aromatic heterocycles. The number of hydrogen-bond donors (Lipinski definition) is 2. The van der Waals surface area contributed by atoms with Crippen LogP contribution in [0.2, 0.25) is 0 Å². The van der Waals surface area contributed by atoms with Crippen LogP contribution in [0.3, 0.4) is 0 Å². The van der Waals surface area contributed by atoms with Gasteiger partial charge in [0.15, 0.2) is 11.6 Å². The third-order valence-corrected chi connectivity index (χ3v) is 7.20. The molecule has 1 atom stereocenters. The van der Waals surface area contributed by atoms with E-state index in [1.165, 1.54) is 16.8 Å². The minimum Gasteiger partial charge on any atom is -0.497 e. The van der Waals surface area contributed by atoms with Crippen LogP contribution >= 0.6 is 0 Å². The Balaban J connectivity index is 1.44. The first-order valence-electron chi connectivity index (χ1n) is 13.4. The van der Waals surface area contributed by atoms with Gasteiger partial charge in [0.25, 0.3) is 11.5 Å². The molecule has 0 aliphatic rings. The Labute approximate surface area is 241 Å². The smallest absolute Gasteiger partial charge is 0.284 e. The first kappa shape index (κ1) is 28.6. The second-order valence-corrected chi connectivity index (χ2v) is 10.2. The van der Waals surface area contributed by atoms with E-state index in [-0.39, 0.29) is 23.5 Å². The fourth-order valence-electron chi connectivity index (χ4n) is 4.65. The number of pyridine rings is 1. The van der Waals surface area contributed by atoms with Crippen LogP contribution in [-0.4, -0.2) is 38.1 Å². The van der Waals surface area contributed by atoms with Crippen molar-refractivity contribution in [2.45, 2.75) is 39.3 Å². The van der Waals surface area contributed by atoms with Crippen LogP contribution in [0.25, 0.3) is 16.6 Å². The Bertz CT molecular complexity index is 1830. The van der Waals surface area contributed by atoms with Gasteiger partial charge in [0, 0.05) is 29.4 Å². The molecule has 42 heavy (non-hydrogen) atoms. The lowest BCUT2D eigenvalue weighted by Crippen LogP contribution is -2.34. The molecule has 10 heteroatoms. The lowest BCUT2D eigenvalue weighted by atomic mass is 10.0. The van der Waals surface area contributed by atoms with Gasteiger partial charge in [0.05, 0.1) is 36.2 Å². The van der Waals surface area contributed by atoms with Gasteiger partial charge < -0.3 is 19.9 Å². The van der Waals surface area contributed by atoms with Gasteiger partial charge in [-0.2, -0.15) is 0 Å². The van der Waals surface area contributed by atoms with Gasteiger partial charge in [0.2, 0.25) is 0 Å². The molecule has 0 aliphatic carbocycles. The second-order valence-electron chi connectivity index (χ2n) is 10.2. The molecule has 0 spiro atoms. The molecule has 0 radical (unpaired) electrons. The highest BCUT2D eigenvalue weighted by Crippen LogP contribution is 2.33. The van der Waals surface area contributed by atoms with Gasteiger partial charge in [-0.1, -0.05) is 25.1 Å². The number of fused-ring (bicyclic) bond motifs is 1. The normalized spacial score (nSPS) is 12.6. The summed E-state index contributed by atoms with van der Waals surface area (Å²) in [7, 11) is 1.56. The zero-order valence-electron chi connectivity index (χ0n) is 23.7. The Hall–Kier alpha value is -4.96. The van der Waals surface area contributed by atoms with Gasteiger partial charge >= 0.3 is 0 Å². The fourth-order valence-corrected chi connectivity index (χ4v) is 4.65. The van der Waals surface area contributed by atoms with E-state index in [2.05, 4.69) is 10.3 Å². The minimum absolute atomic E-state index is 0.0492. The van der Waals surface area contributed by atoms with Gasteiger partial charge in [-0.05, 0) is 62.7 Å². The average Bonchev–Trinajstić information content (AvgIpc) is 3.22. The number of anilines is 1. The molecular formula is C32H31FN4O5. The molecule has 0 saturated heterocycles. The van der Waals surface area contributed by atoms with E-state index in [0.717, 1.165) is 6.07 Å². The summed E-state index contributed by atoms with van der Waals surface area (Å²) in [5, 5.41) is 14.1. The summed E-state index contributed by atoms with van der Waals surface area (Å²) in [5.74, 6) is -0.414. The van der Waals surface area contributed by atoms with Crippen LogP contribution in [0.4, 0.5) is 10.1 Å². The Kier molecular flexibility index (Phi) is 7.82. The number of methoxy groups -OCH3 is 1. The minimum atomic E-state index is -1.12. The van der Waals surface area contributed by atoms with Crippen LogP contribution in [0.15, 0.2) is 83.8 Å². The Morgan fingerprint density at radius 3 is 2.52 bits per heavy atom. The summed E-state index contributed by atoms with van der Waals surface area (Å²) in [6.07, 6.45) is 1.99. The van der Waals surface area contributed by atoms with Crippen molar-refractivity contribution in [3.63, 3.8) is 0 Å². The van der Waals surface area contributed by atoms with Crippen molar-refractivity contribution in [2.24, 2.45) is 0 Å². The third kappa shape index (κ3) is 5.61. The van der Waals surface area contributed by atoms with Gasteiger partial charge in [-0.3, -0.25) is 19.3 Å². The number of rotatable bonds is 9. The molecule has 5 aromatic rings. The summed E-state index contributed by atoms with van der Waals surface area (Å²) in [6.45, 7) is 5.25. The van der Waals surface area contributed by atoms with Crippen LogP contribution in [0, 0.1) is 12.7 Å². The number of hydrogen-bond acceptors (Lipinski definition) is 6. The van der Waals surface area contributed by atoms with Crippen molar-refractivity contribution in [3.8, 4) is 22.9 Å². The van der Waals surface area contributed by atoms with Crippen molar-refractivity contribution in [2.75, 3.05) is 12.4 Å². The number of aromatic nitrogens is 3. The second kappa shape index (κ2) is 11.5. The molecular weight excluding hydrogens is 539 g/mol.